The number of carbonyl (C=O) groups is 1. The largest absolute Gasteiger partial charge is 0.494 e. The fraction of sp³-hybridized carbons (Fsp3) is 0.0909. The number of aromatic amines is 1. The van der Waals surface area contributed by atoms with Gasteiger partial charge in [0.1, 0.15) is 5.75 Å². The number of fused-ring (bicyclic) bond motifs is 1. The van der Waals surface area contributed by atoms with Gasteiger partial charge < -0.3 is 10.1 Å². The first-order valence-electron chi connectivity index (χ1n) is 9.65. The van der Waals surface area contributed by atoms with Crippen LogP contribution in [0.5, 0.6) is 5.75 Å². The van der Waals surface area contributed by atoms with Crippen molar-refractivity contribution in [2.75, 3.05) is 16.6 Å². The predicted octanol–water partition coefficient (Wildman–Crippen LogP) is 4.67. The number of anilines is 2. The molecular weight excluding hydrogens is 452 g/mol. The van der Waals surface area contributed by atoms with Crippen LogP contribution in [0.4, 0.5) is 11.4 Å². The molecule has 8 nitrogen and oxygen atoms in total. The van der Waals surface area contributed by atoms with E-state index in [1.165, 1.54) is 18.2 Å². The van der Waals surface area contributed by atoms with Crippen LogP contribution in [-0.4, -0.2) is 31.1 Å². The van der Waals surface area contributed by atoms with E-state index in [0.717, 1.165) is 10.9 Å². The molecule has 0 unspecified atom stereocenters. The first kappa shape index (κ1) is 21.7. The smallest absolute Gasteiger partial charge is 0.261 e. The average molecular weight is 471 g/mol. The number of hydrogen-bond donors (Lipinski definition) is 3. The van der Waals surface area contributed by atoms with E-state index in [4.69, 9.17) is 16.3 Å². The third kappa shape index (κ3) is 4.68. The molecule has 0 fully saturated rings. The van der Waals surface area contributed by atoms with Gasteiger partial charge in [-0.25, -0.2) is 8.42 Å². The molecule has 0 spiro atoms. The lowest BCUT2D eigenvalue weighted by atomic mass is 10.2. The third-order valence-corrected chi connectivity index (χ3v) is 6.32. The maximum absolute atomic E-state index is 12.8. The molecule has 0 radical (unpaired) electrons. The number of halogens is 1. The second kappa shape index (κ2) is 8.89. The van der Waals surface area contributed by atoms with Crippen LogP contribution >= 0.6 is 11.6 Å². The molecule has 1 aromatic heterocycles. The molecule has 4 rings (SSSR count). The number of ether oxygens (including phenoxy) is 1. The zero-order valence-corrected chi connectivity index (χ0v) is 18.5. The molecule has 0 aliphatic heterocycles. The molecule has 10 heteroatoms. The Kier molecular flexibility index (Phi) is 6.02. The van der Waals surface area contributed by atoms with Gasteiger partial charge in [0.2, 0.25) is 0 Å². The highest BCUT2D eigenvalue weighted by Gasteiger charge is 2.19. The number of benzene rings is 3. The van der Waals surface area contributed by atoms with E-state index >= 15 is 0 Å². The van der Waals surface area contributed by atoms with Crippen molar-refractivity contribution in [2.45, 2.75) is 11.8 Å². The minimum atomic E-state index is -3.95. The zero-order valence-electron chi connectivity index (χ0n) is 16.9. The summed E-state index contributed by atoms with van der Waals surface area (Å²) in [5.41, 5.74) is 1.76. The summed E-state index contributed by atoms with van der Waals surface area (Å²) in [4.78, 5) is 12.7. The van der Waals surface area contributed by atoms with Crippen molar-refractivity contribution in [3.63, 3.8) is 0 Å². The Hall–Kier alpha value is -3.56. The van der Waals surface area contributed by atoms with Gasteiger partial charge in [-0.3, -0.25) is 14.6 Å². The standard InChI is InChI=1S/C22H19ClN4O4S/c1-2-31-17-6-3-15(4-7-17)27-32(29,30)18-8-9-20(23)19(12-18)22(28)25-16-5-10-21-14(11-16)13-24-26-21/h3-13,27H,2H2,1H3,(H,24,26)(H,25,28). The number of rotatable bonds is 7. The number of nitrogens with one attached hydrogen (secondary N) is 3. The summed E-state index contributed by atoms with van der Waals surface area (Å²) in [6.07, 6.45) is 1.64. The molecule has 0 bridgehead atoms. The van der Waals surface area contributed by atoms with Crippen LogP contribution < -0.4 is 14.8 Å². The lowest BCUT2D eigenvalue weighted by Gasteiger charge is -2.12. The van der Waals surface area contributed by atoms with Gasteiger partial charge >= 0.3 is 0 Å². The lowest BCUT2D eigenvalue weighted by Crippen LogP contribution is -2.16. The maximum Gasteiger partial charge on any atom is 0.261 e. The lowest BCUT2D eigenvalue weighted by molar-refractivity contribution is 0.102. The van der Waals surface area contributed by atoms with Crippen LogP contribution in [0.3, 0.4) is 0 Å². The summed E-state index contributed by atoms with van der Waals surface area (Å²) >= 11 is 6.19. The number of sulfonamides is 1. The van der Waals surface area contributed by atoms with Crippen molar-refractivity contribution in [3.05, 3.63) is 77.4 Å². The molecule has 32 heavy (non-hydrogen) atoms. The van der Waals surface area contributed by atoms with Gasteiger partial charge in [0.05, 0.1) is 33.8 Å². The Labute approximate surface area is 189 Å². The van der Waals surface area contributed by atoms with Gasteiger partial charge in [0.15, 0.2) is 0 Å². The van der Waals surface area contributed by atoms with Crippen molar-refractivity contribution < 1.29 is 17.9 Å². The van der Waals surface area contributed by atoms with Crippen LogP contribution in [0.15, 0.2) is 71.8 Å². The van der Waals surface area contributed by atoms with Crippen LogP contribution in [0.2, 0.25) is 5.02 Å². The van der Waals surface area contributed by atoms with Crippen molar-refractivity contribution in [1.29, 1.82) is 0 Å². The minimum Gasteiger partial charge on any atom is -0.494 e. The highest BCUT2D eigenvalue weighted by atomic mass is 35.5. The fourth-order valence-corrected chi connectivity index (χ4v) is 4.35. The Morgan fingerprint density at radius 3 is 2.56 bits per heavy atom. The Morgan fingerprint density at radius 1 is 1.06 bits per heavy atom. The van der Waals surface area contributed by atoms with E-state index in [-0.39, 0.29) is 15.5 Å². The van der Waals surface area contributed by atoms with Gasteiger partial charge in [-0.15, -0.1) is 0 Å². The molecule has 0 saturated carbocycles. The molecule has 1 heterocycles. The molecule has 0 atom stereocenters. The van der Waals surface area contributed by atoms with Gasteiger partial charge in [-0.1, -0.05) is 11.6 Å². The predicted molar refractivity (Wildman–Crippen MR) is 124 cm³/mol. The van der Waals surface area contributed by atoms with E-state index in [1.807, 2.05) is 6.92 Å². The molecule has 0 aliphatic rings. The Balaban J connectivity index is 1.55. The van der Waals surface area contributed by atoms with E-state index in [0.29, 0.717) is 23.7 Å². The SMILES string of the molecule is CCOc1ccc(NS(=O)(=O)c2ccc(Cl)c(C(=O)Nc3ccc4[nH]ncc4c3)c2)cc1. The molecule has 1 amide bonds. The summed E-state index contributed by atoms with van der Waals surface area (Å²) in [5.74, 6) is 0.102. The molecule has 0 saturated heterocycles. The molecule has 3 N–H and O–H groups in total. The van der Waals surface area contributed by atoms with Gasteiger partial charge in [0.25, 0.3) is 15.9 Å². The molecular formula is C22H19ClN4O4S. The van der Waals surface area contributed by atoms with Crippen molar-refractivity contribution in [1.82, 2.24) is 10.2 Å². The van der Waals surface area contributed by atoms with Crippen LogP contribution in [-0.2, 0) is 10.0 Å². The Morgan fingerprint density at radius 2 is 1.81 bits per heavy atom. The third-order valence-electron chi connectivity index (χ3n) is 4.61. The number of aromatic nitrogens is 2. The van der Waals surface area contributed by atoms with Crippen LogP contribution in [0.1, 0.15) is 17.3 Å². The van der Waals surface area contributed by atoms with Crippen molar-refractivity contribution in [2.24, 2.45) is 0 Å². The number of nitrogens with zero attached hydrogens (tertiary/aromatic N) is 1. The normalized spacial score (nSPS) is 11.3. The molecule has 4 aromatic rings. The van der Waals surface area contributed by atoms with Gasteiger partial charge in [-0.2, -0.15) is 5.10 Å². The number of hydrogen-bond acceptors (Lipinski definition) is 5. The van der Waals surface area contributed by atoms with Gasteiger partial charge in [-0.05, 0) is 67.6 Å². The maximum atomic E-state index is 12.8. The summed E-state index contributed by atoms with van der Waals surface area (Å²) < 4.78 is 33.5. The second-order valence-electron chi connectivity index (χ2n) is 6.83. The fourth-order valence-electron chi connectivity index (χ4n) is 3.06. The highest BCUT2D eigenvalue weighted by Crippen LogP contribution is 2.25. The first-order valence-corrected chi connectivity index (χ1v) is 11.5. The minimum absolute atomic E-state index is 0.0357. The zero-order chi connectivity index (χ0) is 22.7. The summed E-state index contributed by atoms with van der Waals surface area (Å²) in [6.45, 7) is 2.37. The summed E-state index contributed by atoms with van der Waals surface area (Å²) in [6, 6.07) is 15.7. The Bertz CT molecular complexity index is 1380. The monoisotopic (exact) mass is 470 g/mol. The van der Waals surface area contributed by atoms with E-state index < -0.39 is 15.9 Å². The number of H-pyrrole nitrogens is 1. The highest BCUT2D eigenvalue weighted by molar-refractivity contribution is 7.92. The second-order valence-corrected chi connectivity index (χ2v) is 8.92. The summed E-state index contributed by atoms with van der Waals surface area (Å²) in [5, 5.41) is 10.5. The first-order chi connectivity index (χ1) is 15.4. The molecule has 3 aromatic carbocycles. The topological polar surface area (TPSA) is 113 Å². The number of amides is 1. The van der Waals surface area contributed by atoms with E-state index in [9.17, 15) is 13.2 Å². The molecule has 0 aliphatic carbocycles. The van der Waals surface area contributed by atoms with Crippen molar-refractivity contribution in [3.8, 4) is 5.75 Å². The van der Waals surface area contributed by atoms with E-state index in [1.54, 1.807) is 48.7 Å². The van der Waals surface area contributed by atoms with Crippen molar-refractivity contribution >= 4 is 49.8 Å². The van der Waals surface area contributed by atoms with Crippen LogP contribution in [0.25, 0.3) is 10.9 Å². The average Bonchev–Trinajstić information content (AvgIpc) is 3.23. The van der Waals surface area contributed by atoms with E-state index in [2.05, 4.69) is 20.2 Å². The van der Waals surface area contributed by atoms with Gasteiger partial charge in [0, 0.05) is 16.8 Å². The number of carbonyl (C=O) groups excluding carboxylic acids is 1. The molecule has 164 valence electrons. The summed E-state index contributed by atoms with van der Waals surface area (Å²) in [7, 11) is -3.95. The quantitative estimate of drug-likeness (QED) is 0.363. The van der Waals surface area contributed by atoms with Crippen LogP contribution in [0, 0.1) is 0 Å².